The number of aryl methyl sites for hydroxylation is 1. The van der Waals surface area contributed by atoms with Gasteiger partial charge in [-0.05, 0) is 47.9 Å². The molecule has 0 spiro atoms. The summed E-state index contributed by atoms with van der Waals surface area (Å²) in [5.74, 6) is 0.116. The third-order valence-corrected chi connectivity index (χ3v) is 6.52. The predicted octanol–water partition coefficient (Wildman–Crippen LogP) is 2.58. The Labute approximate surface area is 204 Å². The molecule has 10 heteroatoms. The summed E-state index contributed by atoms with van der Waals surface area (Å²) in [7, 11) is -0.760. The van der Waals surface area contributed by atoms with Crippen LogP contribution >= 0.6 is 0 Å². The van der Waals surface area contributed by atoms with Crippen molar-refractivity contribution in [3.05, 3.63) is 89.5 Å². The van der Waals surface area contributed by atoms with Crippen molar-refractivity contribution in [2.45, 2.75) is 24.3 Å². The molecular formula is C25H27N3O6S. The molecule has 3 rings (SSSR count). The maximum atomic E-state index is 12.6. The van der Waals surface area contributed by atoms with Crippen molar-refractivity contribution in [3.63, 3.8) is 0 Å². The van der Waals surface area contributed by atoms with Crippen LogP contribution in [0.25, 0.3) is 0 Å². The van der Waals surface area contributed by atoms with E-state index >= 15 is 0 Å². The summed E-state index contributed by atoms with van der Waals surface area (Å²) >= 11 is 0. The van der Waals surface area contributed by atoms with Gasteiger partial charge in [-0.15, -0.1) is 0 Å². The normalized spacial score (nSPS) is 10.9. The van der Waals surface area contributed by atoms with Crippen LogP contribution in [0.3, 0.4) is 0 Å². The number of sulfonamides is 1. The van der Waals surface area contributed by atoms with Crippen LogP contribution in [0.1, 0.15) is 27.9 Å². The molecule has 0 aliphatic carbocycles. The van der Waals surface area contributed by atoms with E-state index in [1.165, 1.54) is 31.4 Å². The summed E-state index contributed by atoms with van der Waals surface area (Å²) in [6.07, 6.45) is 0.538. The van der Waals surface area contributed by atoms with E-state index in [1.807, 2.05) is 24.3 Å². The molecular weight excluding hydrogens is 470 g/mol. The number of hydrogen-bond acceptors (Lipinski definition) is 6. The molecule has 0 heterocycles. The second-order valence-electron chi connectivity index (χ2n) is 7.53. The fourth-order valence-electron chi connectivity index (χ4n) is 3.22. The smallest absolute Gasteiger partial charge is 0.269 e. The van der Waals surface area contributed by atoms with E-state index in [2.05, 4.69) is 15.6 Å². The maximum absolute atomic E-state index is 12.6. The van der Waals surface area contributed by atoms with Crippen molar-refractivity contribution in [3.8, 4) is 11.5 Å². The minimum atomic E-state index is -3.83. The van der Waals surface area contributed by atoms with E-state index in [9.17, 15) is 18.0 Å². The van der Waals surface area contributed by atoms with Crippen LogP contribution in [0.15, 0.2) is 77.7 Å². The molecule has 2 amide bonds. The molecule has 3 aromatic rings. The highest BCUT2D eigenvalue weighted by Gasteiger charge is 2.16. The van der Waals surface area contributed by atoms with Gasteiger partial charge in [-0.3, -0.25) is 20.4 Å². The number of amides is 2. The van der Waals surface area contributed by atoms with Gasteiger partial charge in [0, 0.05) is 18.5 Å². The first-order chi connectivity index (χ1) is 16.8. The largest absolute Gasteiger partial charge is 0.493 e. The first kappa shape index (κ1) is 25.7. The number of hydrogen-bond donors (Lipinski definition) is 3. The van der Waals surface area contributed by atoms with Crippen LogP contribution in [0.4, 0.5) is 0 Å². The molecule has 0 saturated heterocycles. The molecule has 0 unspecified atom stereocenters. The molecule has 0 aliphatic rings. The molecule has 0 radical (unpaired) electrons. The van der Waals surface area contributed by atoms with Crippen LogP contribution in [0.2, 0.25) is 0 Å². The minimum Gasteiger partial charge on any atom is -0.493 e. The summed E-state index contributed by atoms with van der Waals surface area (Å²) in [6, 6.07) is 20.0. The molecule has 184 valence electrons. The highest BCUT2D eigenvalue weighted by Crippen LogP contribution is 2.27. The number of methoxy groups -OCH3 is 2. The van der Waals surface area contributed by atoms with Crippen LogP contribution in [-0.4, -0.2) is 34.5 Å². The van der Waals surface area contributed by atoms with Crippen molar-refractivity contribution in [1.29, 1.82) is 0 Å². The summed E-state index contributed by atoms with van der Waals surface area (Å²) in [4.78, 5) is 24.6. The highest BCUT2D eigenvalue weighted by atomic mass is 32.2. The van der Waals surface area contributed by atoms with Gasteiger partial charge in [-0.1, -0.05) is 42.5 Å². The molecule has 3 N–H and O–H groups in total. The third kappa shape index (κ3) is 7.29. The highest BCUT2D eigenvalue weighted by molar-refractivity contribution is 7.89. The van der Waals surface area contributed by atoms with Crippen LogP contribution in [0, 0.1) is 0 Å². The van der Waals surface area contributed by atoms with E-state index < -0.39 is 21.8 Å². The standard InChI is InChI=1S/C25H27N3O6S/c1-33-22-13-11-18(15-23(22)34-2)12-14-24(29)27-28-25(30)20-9-6-10-21(16-20)35(31,32)26-17-19-7-4-3-5-8-19/h3-11,13,15-16,26H,12,14,17H2,1-2H3,(H,27,29)(H,28,30). The van der Waals surface area contributed by atoms with E-state index in [-0.39, 0.29) is 23.4 Å². The van der Waals surface area contributed by atoms with Gasteiger partial charge in [0.15, 0.2) is 11.5 Å². The molecule has 0 bridgehead atoms. The van der Waals surface area contributed by atoms with Crippen LogP contribution in [-0.2, 0) is 27.8 Å². The SMILES string of the molecule is COc1ccc(CCC(=O)NNC(=O)c2cccc(S(=O)(=O)NCc3ccccc3)c2)cc1OC. The number of benzene rings is 3. The Morgan fingerprint density at radius 2 is 1.54 bits per heavy atom. The van der Waals surface area contributed by atoms with Gasteiger partial charge >= 0.3 is 0 Å². The monoisotopic (exact) mass is 497 g/mol. The first-order valence-corrected chi connectivity index (χ1v) is 12.2. The number of hydrazine groups is 1. The van der Waals surface area contributed by atoms with Crippen molar-refractivity contribution < 1.29 is 27.5 Å². The van der Waals surface area contributed by atoms with E-state index in [0.29, 0.717) is 17.9 Å². The Balaban J connectivity index is 1.53. The molecule has 0 atom stereocenters. The lowest BCUT2D eigenvalue weighted by molar-refractivity contribution is -0.121. The molecule has 0 aliphatic heterocycles. The Hall–Kier alpha value is -3.89. The van der Waals surface area contributed by atoms with Crippen molar-refractivity contribution in [1.82, 2.24) is 15.6 Å². The number of carbonyl (C=O) groups excluding carboxylic acids is 2. The Morgan fingerprint density at radius 3 is 2.26 bits per heavy atom. The lowest BCUT2D eigenvalue weighted by Crippen LogP contribution is -2.41. The summed E-state index contributed by atoms with van der Waals surface area (Å²) in [5, 5.41) is 0. The molecule has 35 heavy (non-hydrogen) atoms. The first-order valence-electron chi connectivity index (χ1n) is 10.8. The zero-order valence-electron chi connectivity index (χ0n) is 19.4. The van der Waals surface area contributed by atoms with Crippen LogP contribution in [0.5, 0.6) is 11.5 Å². The maximum Gasteiger partial charge on any atom is 0.269 e. The zero-order chi connectivity index (χ0) is 25.3. The third-order valence-electron chi connectivity index (χ3n) is 5.12. The summed E-state index contributed by atoms with van der Waals surface area (Å²) < 4.78 is 38.2. The Bertz CT molecular complexity index is 1280. The Kier molecular flexibility index (Phi) is 8.82. The molecule has 9 nitrogen and oxygen atoms in total. The minimum absolute atomic E-state index is 0.0548. The van der Waals surface area contributed by atoms with E-state index in [0.717, 1.165) is 11.1 Å². The second kappa shape index (κ2) is 12.0. The van der Waals surface area contributed by atoms with Gasteiger partial charge in [-0.25, -0.2) is 13.1 Å². The predicted molar refractivity (Wildman–Crippen MR) is 130 cm³/mol. The fourth-order valence-corrected chi connectivity index (χ4v) is 4.28. The van der Waals surface area contributed by atoms with Gasteiger partial charge in [0.1, 0.15) is 0 Å². The number of carbonyl (C=O) groups is 2. The number of nitrogens with one attached hydrogen (secondary N) is 3. The summed E-state index contributed by atoms with van der Waals surface area (Å²) in [6.45, 7) is 0.121. The lowest BCUT2D eigenvalue weighted by Gasteiger charge is -2.11. The fraction of sp³-hybridized carbons (Fsp3) is 0.200. The molecule has 0 aromatic heterocycles. The topological polar surface area (TPSA) is 123 Å². The quantitative estimate of drug-likeness (QED) is 0.370. The number of ether oxygens (including phenoxy) is 2. The van der Waals surface area contributed by atoms with Gasteiger partial charge in [0.2, 0.25) is 15.9 Å². The molecule has 0 saturated carbocycles. The van der Waals surface area contributed by atoms with Crippen molar-refractivity contribution in [2.75, 3.05) is 14.2 Å². The van der Waals surface area contributed by atoms with E-state index in [1.54, 1.807) is 31.4 Å². The van der Waals surface area contributed by atoms with Gasteiger partial charge in [0.25, 0.3) is 5.91 Å². The van der Waals surface area contributed by atoms with Gasteiger partial charge in [0.05, 0.1) is 19.1 Å². The molecule has 0 fully saturated rings. The zero-order valence-corrected chi connectivity index (χ0v) is 20.2. The molecule has 3 aromatic carbocycles. The van der Waals surface area contributed by atoms with E-state index in [4.69, 9.17) is 9.47 Å². The lowest BCUT2D eigenvalue weighted by atomic mass is 10.1. The Morgan fingerprint density at radius 1 is 0.800 bits per heavy atom. The average molecular weight is 498 g/mol. The van der Waals surface area contributed by atoms with Crippen molar-refractivity contribution >= 4 is 21.8 Å². The van der Waals surface area contributed by atoms with Crippen molar-refractivity contribution in [2.24, 2.45) is 0 Å². The second-order valence-corrected chi connectivity index (χ2v) is 9.30. The summed E-state index contributed by atoms with van der Waals surface area (Å²) in [5.41, 5.74) is 6.42. The van der Waals surface area contributed by atoms with Gasteiger partial charge < -0.3 is 9.47 Å². The number of rotatable bonds is 10. The van der Waals surface area contributed by atoms with Gasteiger partial charge in [-0.2, -0.15) is 0 Å². The average Bonchev–Trinajstić information content (AvgIpc) is 2.89. The van der Waals surface area contributed by atoms with Crippen LogP contribution < -0.4 is 25.0 Å².